The summed E-state index contributed by atoms with van der Waals surface area (Å²) in [6.45, 7) is 0. The molecule has 1 aromatic carbocycles. The predicted molar refractivity (Wildman–Crippen MR) is 45.5 cm³/mol. The average molecular weight is 266 g/mol. The van der Waals surface area contributed by atoms with E-state index in [0.717, 1.165) is 5.56 Å². The van der Waals surface area contributed by atoms with Crippen molar-refractivity contribution in [2.75, 3.05) is 0 Å². The molecule has 1 nitrogen and oxygen atoms in total. The first-order chi connectivity index (χ1) is 4.79. The summed E-state index contributed by atoms with van der Waals surface area (Å²) in [4.78, 5) is 0. The Balaban J connectivity index is 2.67. The molecular weight excluding hydrogens is 259 g/mol. The minimum atomic E-state index is -1.72. The van der Waals surface area contributed by atoms with Gasteiger partial charge < -0.3 is 0 Å². The van der Waals surface area contributed by atoms with Crippen LogP contribution in [-0.4, -0.2) is 12.0 Å². The van der Waals surface area contributed by atoms with E-state index in [9.17, 15) is 3.83 Å². The molecule has 0 radical (unpaired) electrons. The Morgan fingerprint density at radius 3 is 2.40 bits per heavy atom. The fourth-order valence-electron chi connectivity index (χ4n) is 0.705. The van der Waals surface area contributed by atoms with E-state index < -0.39 is 12.0 Å². The first-order valence-electron chi connectivity index (χ1n) is 2.87. The zero-order chi connectivity index (χ0) is 7.40. The zero-order valence-electron chi connectivity index (χ0n) is 5.29. The van der Waals surface area contributed by atoms with Crippen LogP contribution in [-0.2, 0) is 9.15 Å². The molecule has 0 saturated heterocycles. The number of benzene rings is 1. The summed E-state index contributed by atoms with van der Waals surface area (Å²) < 4.78 is 10.7. The second-order valence-electron chi connectivity index (χ2n) is 1.92. The van der Waals surface area contributed by atoms with Crippen LogP contribution in [0.4, 0.5) is 0 Å². The van der Waals surface area contributed by atoms with Crippen LogP contribution in [0, 0.1) is 0 Å². The maximum atomic E-state index is 10.7. The van der Waals surface area contributed by atoms with Crippen LogP contribution in [0.2, 0.25) is 0 Å². The molecule has 1 atom stereocenters. The minimum absolute atomic E-state index is 0.681. The molecule has 1 rings (SSSR count). The van der Waals surface area contributed by atoms with Crippen molar-refractivity contribution in [3.8, 4) is 0 Å². The van der Waals surface area contributed by atoms with Gasteiger partial charge in [0.25, 0.3) is 0 Å². The van der Waals surface area contributed by atoms with Crippen LogP contribution in [0.1, 0.15) is 5.56 Å². The Kier molecular flexibility index (Phi) is 3.26. The number of halogens is 1. The molecule has 0 N–H and O–H groups in total. The molecule has 0 amide bonds. The molecule has 0 aromatic heterocycles. The summed E-state index contributed by atoms with van der Waals surface area (Å²) in [5.41, 5.74) is 1.14. The molecule has 0 heterocycles. The zero-order valence-corrected chi connectivity index (χ0v) is 8.59. The van der Waals surface area contributed by atoms with Crippen molar-refractivity contribution in [3.63, 3.8) is 0 Å². The number of rotatable bonds is 2. The molecule has 0 aliphatic carbocycles. The molecule has 0 aliphatic heterocycles. The Morgan fingerprint density at radius 2 is 1.90 bits per heavy atom. The third kappa shape index (κ3) is 2.74. The Morgan fingerprint density at radius 1 is 1.30 bits per heavy atom. The van der Waals surface area contributed by atoms with Gasteiger partial charge in [0.2, 0.25) is 0 Å². The standard InChI is InChI=1S/C7H7BrOSe/c8-10(9)6-7-4-2-1-3-5-7/h1-5H,6H2. The van der Waals surface area contributed by atoms with Crippen molar-refractivity contribution in [3.05, 3.63) is 35.9 Å². The van der Waals surface area contributed by atoms with Crippen molar-refractivity contribution in [1.29, 1.82) is 0 Å². The summed E-state index contributed by atoms with van der Waals surface area (Å²) in [6, 6.07) is 9.83. The summed E-state index contributed by atoms with van der Waals surface area (Å²) in [5.74, 6) is 0. The molecule has 1 unspecified atom stereocenters. The van der Waals surface area contributed by atoms with Gasteiger partial charge in [-0.3, -0.25) is 0 Å². The van der Waals surface area contributed by atoms with Gasteiger partial charge in [0, 0.05) is 0 Å². The Bertz CT molecular complexity index is 222. The quantitative estimate of drug-likeness (QED) is 0.749. The van der Waals surface area contributed by atoms with Gasteiger partial charge in [0.05, 0.1) is 0 Å². The normalized spacial score (nSPS) is 12.9. The van der Waals surface area contributed by atoms with Crippen LogP contribution in [0.3, 0.4) is 0 Å². The first-order valence-corrected chi connectivity index (χ1v) is 8.80. The Hall–Kier alpha value is 0.0195. The second kappa shape index (κ2) is 4.02. The molecular formula is C7H7BrOSe. The third-order valence-corrected chi connectivity index (χ3v) is 3.49. The second-order valence-corrected chi connectivity index (χ2v) is 7.49. The van der Waals surface area contributed by atoms with Crippen molar-refractivity contribution in [2.45, 2.75) is 5.32 Å². The van der Waals surface area contributed by atoms with Crippen LogP contribution in [0.5, 0.6) is 0 Å². The fraction of sp³-hybridized carbons (Fsp3) is 0.143. The molecule has 0 bridgehead atoms. The predicted octanol–water partition coefficient (Wildman–Crippen LogP) is 2.08. The van der Waals surface area contributed by atoms with Gasteiger partial charge in [0.1, 0.15) is 0 Å². The van der Waals surface area contributed by atoms with Gasteiger partial charge in [-0.05, 0) is 0 Å². The van der Waals surface area contributed by atoms with Gasteiger partial charge >= 0.3 is 71.2 Å². The van der Waals surface area contributed by atoms with E-state index >= 15 is 0 Å². The Labute approximate surface area is 71.2 Å². The molecule has 0 aliphatic rings. The molecule has 0 saturated carbocycles. The van der Waals surface area contributed by atoms with Crippen molar-refractivity contribution >= 4 is 26.1 Å². The molecule has 54 valence electrons. The van der Waals surface area contributed by atoms with Crippen molar-refractivity contribution < 1.29 is 3.83 Å². The van der Waals surface area contributed by atoms with E-state index in [1.54, 1.807) is 0 Å². The summed E-state index contributed by atoms with van der Waals surface area (Å²) in [7, 11) is 0. The first kappa shape index (κ1) is 8.12. The van der Waals surface area contributed by atoms with Gasteiger partial charge in [-0.15, -0.1) is 0 Å². The van der Waals surface area contributed by atoms with Crippen LogP contribution in [0.15, 0.2) is 30.3 Å². The SMILES string of the molecule is O=[Se](Br)Cc1ccccc1. The maximum absolute atomic E-state index is 10.7. The van der Waals surface area contributed by atoms with Gasteiger partial charge in [-0.1, -0.05) is 0 Å². The molecule has 3 heteroatoms. The summed E-state index contributed by atoms with van der Waals surface area (Å²) >= 11 is 1.36. The van der Waals surface area contributed by atoms with E-state index in [4.69, 9.17) is 0 Å². The average Bonchev–Trinajstić information content (AvgIpc) is 1.88. The summed E-state index contributed by atoms with van der Waals surface area (Å²) in [6.07, 6.45) is 0. The monoisotopic (exact) mass is 266 g/mol. The van der Waals surface area contributed by atoms with E-state index in [-0.39, 0.29) is 0 Å². The van der Waals surface area contributed by atoms with Crippen LogP contribution < -0.4 is 0 Å². The van der Waals surface area contributed by atoms with Gasteiger partial charge in [-0.2, -0.15) is 0 Å². The van der Waals surface area contributed by atoms with E-state index in [2.05, 4.69) is 14.1 Å². The molecule has 1 aromatic rings. The molecule has 0 fully saturated rings. The van der Waals surface area contributed by atoms with Crippen LogP contribution in [0.25, 0.3) is 0 Å². The fourth-order valence-corrected chi connectivity index (χ4v) is 3.03. The van der Waals surface area contributed by atoms with Crippen molar-refractivity contribution in [2.24, 2.45) is 0 Å². The topological polar surface area (TPSA) is 17.1 Å². The van der Waals surface area contributed by atoms with Gasteiger partial charge in [-0.25, -0.2) is 0 Å². The summed E-state index contributed by atoms with van der Waals surface area (Å²) in [5, 5.41) is 0.681. The van der Waals surface area contributed by atoms with Gasteiger partial charge in [0.15, 0.2) is 0 Å². The van der Waals surface area contributed by atoms with Crippen LogP contribution >= 0.6 is 14.1 Å². The third-order valence-electron chi connectivity index (χ3n) is 1.12. The molecule has 0 spiro atoms. The van der Waals surface area contributed by atoms with E-state index in [0.29, 0.717) is 5.32 Å². The number of hydrogen-bond acceptors (Lipinski definition) is 1. The van der Waals surface area contributed by atoms with E-state index in [1.165, 1.54) is 0 Å². The number of hydrogen-bond donors (Lipinski definition) is 0. The van der Waals surface area contributed by atoms with E-state index in [1.807, 2.05) is 30.3 Å². The molecule has 10 heavy (non-hydrogen) atoms. The van der Waals surface area contributed by atoms with Crippen molar-refractivity contribution in [1.82, 2.24) is 0 Å².